The van der Waals surface area contributed by atoms with Crippen molar-refractivity contribution in [3.63, 3.8) is 0 Å². The van der Waals surface area contributed by atoms with Gasteiger partial charge in [0.25, 0.3) is 0 Å². The Morgan fingerprint density at radius 2 is 1.94 bits per heavy atom. The van der Waals surface area contributed by atoms with Crippen LogP contribution < -0.4 is 5.32 Å². The monoisotopic (exact) mass is 475 g/mol. The van der Waals surface area contributed by atoms with Crippen LogP contribution in [0.3, 0.4) is 0 Å². The number of imidazole rings is 1. The summed E-state index contributed by atoms with van der Waals surface area (Å²) in [5.74, 6) is -0.365. The highest BCUT2D eigenvalue weighted by Gasteiger charge is 2.28. The van der Waals surface area contributed by atoms with E-state index >= 15 is 0 Å². The van der Waals surface area contributed by atoms with Gasteiger partial charge < -0.3 is 14.5 Å². The Labute approximate surface area is 198 Å². The maximum Gasteiger partial charge on any atom is 0.406 e. The Hall–Kier alpha value is -4.40. The minimum atomic E-state index is -4.31. The number of carbonyl (C=O) groups is 1. The molecule has 0 saturated carbocycles. The van der Waals surface area contributed by atoms with E-state index in [1.165, 1.54) is 12.3 Å². The van der Waals surface area contributed by atoms with E-state index < -0.39 is 12.7 Å². The summed E-state index contributed by atoms with van der Waals surface area (Å²) >= 11 is 0. The van der Waals surface area contributed by atoms with Crippen molar-refractivity contribution in [1.82, 2.24) is 19.1 Å². The molecule has 1 amide bonds. The molecule has 0 fully saturated rings. The highest BCUT2D eigenvalue weighted by Crippen LogP contribution is 2.28. The Morgan fingerprint density at radius 3 is 2.77 bits per heavy atom. The smallest absolute Gasteiger partial charge is 0.338 e. The standard InChI is InChI=1S/C26H20F3N5O/c1-33-16-31-22-5-2-17(13-24(22)33)21-8-10-30-14-19(21)3-7-25(35)32-20-4-6-23-18(12-20)9-11-34(23)15-26(27,28)29/h2-14,16H,15H2,1H3,(H,32,35)/b7-3+. The number of rotatable bonds is 5. The number of nitrogens with one attached hydrogen (secondary N) is 1. The van der Waals surface area contributed by atoms with Gasteiger partial charge in [0.05, 0.1) is 17.4 Å². The van der Waals surface area contributed by atoms with Crippen molar-refractivity contribution in [3.8, 4) is 11.1 Å². The number of aromatic nitrogens is 4. The number of anilines is 1. The maximum atomic E-state index is 12.7. The average Bonchev–Trinajstić information content (AvgIpc) is 3.39. The van der Waals surface area contributed by atoms with Crippen molar-refractivity contribution in [3.05, 3.63) is 85.1 Å². The van der Waals surface area contributed by atoms with Crippen LogP contribution in [0.25, 0.3) is 39.1 Å². The van der Waals surface area contributed by atoms with Crippen molar-refractivity contribution in [2.24, 2.45) is 7.05 Å². The van der Waals surface area contributed by atoms with Crippen LogP contribution in [-0.2, 0) is 18.4 Å². The van der Waals surface area contributed by atoms with Gasteiger partial charge in [0.2, 0.25) is 5.91 Å². The van der Waals surface area contributed by atoms with Crippen molar-refractivity contribution in [2.75, 3.05) is 5.32 Å². The Morgan fingerprint density at radius 1 is 1.09 bits per heavy atom. The SMILES string of the molecule is Cn1cnc2ccc(-c3ccncc3/C=C/C(=O)Nc3ccc4c(ccn4CC(F)(F)F)c3)cc21. The Kier molecular flexibility index (Phi) is 5.60. The number of hydrogen-bond donors (Lipinski definition) is 1. The van der Waals surface area contributed by atoms with Gasteiger partial charge in [0.15, 0.2) is 0 Å². The molecule has 2 aromatic carbocycles. The Bertz CT molecular complexity index is 1580. The van der Waals surface area contributed by atoms with Gasteiger partial charge in [-0.1, -0.05) is 6.07 Å². The molecule has 0 saturated heterocycles. The first-order valence-corrected chi connectivity index (χ1v) is 10.8. The summed E-state index contributed by atoms with van der Waals surface area (Å²) in [5.41, 5.74) is 5.48. The van der Waals surface area contributed by atoms with Gasteiger partial charge in [-0.25, -0.2) is 4.98 Å². The van der Waals surface area contributed by atoms with Gasteiger partial charge in [-0.3, -0.25) is 9.78 Å². The summed E-state index contributed by atoms with van der Waals surface area (Å²) in [6.07, 6.45) is 5.30. The van der Waals surface area contributed by atoms with Gasteiger partial charge >= 0.3 is 6.18 Å². The molecule has 0 atom stereocenters. The molecular weight excluding hydrogens is 455 g/mol. The molecule has 0 aliphatic heterocycles. The summed E-state index contributed by atoms with van der Waals surface area (Å²) in [6, 6.07) is 14.2. The summed E-state index contributed by atoms with van der Waals surface area (Å²) in [7, 11) is 1.93. The van der Waals surface area contributed by atoms with E-state index in [-0.39, 0.29) is 5.91 Å². The van der Waals surface area contributed by atoms with E-state index in [0.717, 1.165) is 32.3 Å². The average molecular weight is 475 g/mol. The zero-order valence-electron chi connectivity index (χ0n) is 18.6. The lowest BCUT2D eigenvalue weighted by molar-refractivity contribution is -0.139. The number of carbonyl (C=O) groups excluding carboxylic acids is 1. The second kappa shape index (κ2) is 8.75. The molecule has 1 N–H and O–H groups in total. The molecule has 9 heteroatoms. The van der Waals surface area contributed by atoms with Crippen LogP contribution in [0.2, 0.25) is 0 Å². The van der Waals surface area contributed by atoms with Gasteiger partial charge in [-0.15, -0.1) is 0 Å². The zero-order chi connectivity index (χ0) is 24.6. The molecule has 5 aromatic rings. The van der Waals surface area contributed by atoms with Gasteiger partial charge in [0.1, 0.15) is 6.54 Å². The highest BCUT2D eigenvalue weighted by molar-refractivity contribution is 6.03. The van der Waals surface area contributed by atoms with Crippen molar-refractivity contribution < 1.29 is 18.0 Å². The van der Waals surface area contributed by atoms with Crippen LogP contribution >= 0.6 is 0 Å². The molecule has 0 aliphatic carbocycles. The Balaban J connectivity index is 1.35. The fourth-order valence-corrected chi connectivity index (χ4v) is 4.05. The second-order valence-electron chi connectivity index (χ2n) is 8.18. The number of halogens is 3. The third-order valence-electron chi connectivity index (χ3n) is 5.69. The maximum absolute atomic E-state index is 12.7. The molecule has 3 heterocycles. The molecule has 0 aliphatic rings. The summed E-state index contributed by atoms with van der Waals surface area (Å²) < 4.78 is 41.3. The number of hydrogen-bond acceptors (Lipinski definition) is 3. The number of pyridine rings is 1. The van der Waals surface area contributed by atoms with Crippen molar-refractivity contribution >= 4 is 39.6 Å². The molecule has 5 rings (SSSR count). The van der Waals surface area contributed by atoms with Crippen molar-refractivity contribution in [2.45, 2.75) is 12.7 Å². The van der Waals surface area contributed by atoms with Gasteiger partial charge in [0, 0.05) is 53.9 Å². The minimum absolute atomic E-state index is 0.365. The second-order valence-corrected chi connectivity index (χ2v) is 8.18. The first-order chi connectivity index (χ1) is 16.8. The van der Waals surface area contributed by atoms with Crippen LogP contribution in [0.5, 0.6) is 0 Å². The zero-order valence-corrected chi connectivity index (χ0v) is 18.6. The largest absolute Gasteiger partial charge is 0.406 e. The van der Waals surface area contributed by atoms with Gasteiger partial charge in [-0.2, -0.15) is 13.2 Å². The molecule has 3 aromatic heterocycles. The van der Waals surface area contributed by atoms with Crippen LogP contribution in [-0.4, -0.2) is 31.2 Å². The number of fused-ring (bicyclic) bond motifs is 2. The van der Waals surface area contributed by atoms with E-state index in [0.29, 0.717) is 16.6 Å². The van der Waals surface area contributed by atoms with E-state index in [2.05, 4.69) is 15.3 Å². The topological polar surface area (TPSA) is 64.7 Å². The van der Waals surface area contributed by atoms with E-state index in [4.69, 9.17) is 0 Å². The number of alkyl halides is 3. The number of aryl methyl sites for hydroxylation is 1. The fraction of sp³-hybridized carbons (Fsp3) is 0.115. The molecule has 35 heavy (non-hydrogen) atoms. The molecule has 0 radical (unpaired) electrons. The normalized spacial score (nSPS) is 12.1. The number of amides is 1. The molecule has 176 valence electrons. The molecule has 6 nitrogen and oxygen atoms in total. The van der Waals surface area contributed by atoms with Gasteiger partial charge in [-0.05, 0) is 59.7 Å². The van der Waals surface area contributed by atoms with Crippen LogP contribution in [0.1, 0.15) is 5.56 Å². The minimum Gasteiger partial charge on any atom is -0.338 e. The highest BCUT2D eigenvalue weighted by atomic mass is 19.4. The summed E-state index contributed by atoms with van der Waals surface area (Å²) in [4.78, 5) is 21.1. The predicted molar refractivity (Wildman–Crippen MR) is 130 cm³/mol. The summed E-state index contributed by atoms with van der Waals surface area (Å²) in [5, 5.41) is 3.37. The van der Waals surface area contributed by atoms with Crippen LogP contribution in [0.15, 0.2) is 79.5 Å². The number of nitrogens with zero attached hydrogens (tertiary/aromatic N) is 4. The van der Waals surface area contributed by atoms with E-state index in [1.54, 1.807) is 49.1 Å². The quantitative estimate of drug-likeness (QED) is 0.327. The first-order valence-electron chi connectivity index (χ1n) is 10.8. The molecule has 0 spiro atoms. The van der Waals surface area contributed by atoms with E-state index in [9.17, 15) is 18.0 Å². The number of benzene rings is 2. The third kappa shape index (κ3) is 4.79. The predicted octanol–water partition coefficient (Wildman–Crippen LogP) is 5.80. The summed E-state index contributed by atoms with van der Waals surface area (Å²) in [6.45, 7) is -1.06. The third-order valence-corrected chi connectivity index (χ3v) is 5.69. The lowest BCUT2D eigenvalue weighted by atomic mass is 10.0. The first kappa shape index (κ1) is 22.4. The van der Waals surface area contributed by atoms with Crippen LogP contribution in [0.4, 0.5) is 18.9 Å². The van der Waals surface area contributed by atoms with Crippen LogP contribution in [0, 0.1) is 0 Å². The fourth-order valence-electron chi connectivity index (χ4n) is 4.05. The van der Waals surface area contributed by atoms with Crippen molar-refractivity contribution in [1.29, 1.82) is 0 Å². The lowest BCUT2D eigenvalue weighted by Gasteiger charge is -2.09. The molecule has 0 unspecified atom stereocenters. The lowest BCUT2D eigenvalue weighted by Crippen LogP contribution is -2.16. The molecule has 0 bridgehead atoms. The molecular formula is C26H20F3N5O. The van der Waals surface area contributed by atoms with E-state index in [1.807, 2.05) is 35.9 Å².